The van der Waals surface area contributed by atoms with Gasteiger partial charge in [0.15, 0.2) is 0 Å². The predicted octanol–water partition coefficient (Wildman–Crippen LogP) is 2.88. The summed E-state index contributed by atoms with van der Waals surface area (Å²) < 4.78 is 47.8. The summed E-state index contributed by atoms with van der Waals surface area (Å²) >= 11 is 0. The van der Waals surface area contributed by atoms with E-state index >= 15 is 0 Å². The summed E-state index contributed by atoms with van der Waals surface area (Å²) in [6, 6.07) is 2.95. The minimum atomic E-state index is -4.46. The molecule has 0 aliphatic carbocycles. The summed E-state index contributed by atoms with van der Waals surface area (Å²) in [6.45, 7) is 1.77. The molecule has 1 aromatic carbocycles. The first-order chi connectivity index (χ1) is 11.4. The maximum absolute atomic E-state index is 12.7. The Hall–Kier alpha value is -3.11. The fourth-order valence-corrected chi connectivity index (χ4v) is 1.89. The van der Waals surface area contributed by atoms with Crippen molar-refractivity contribution in [3.8, 4) is 0 Å². The van der Waals surface area contributed by atoms with Crippen LogP contribution in [-0.4, -0.2) is 32.7 Å². The number of aromatic nitrogens is 4. The Labute approximate surface area is 132 Å². The molecule has 8 nitrogen and oxygen atoms in total. The van der Waals surface area contributed by atoms with Crippen LogP contribution in [0.4, 0.5) is 25.1 Å². The SMILES string of the molecule is CCOC(=O)c1nnc(Nc2nc3cc(C(F)(F)F)ccc3[nH]2)o1. The molecule has 0 fully saturated rings. The van der Waals surface area contributed by atoms with Gasteiger partial charge in [0.25, 0.3) is 0 Å². The zero-order chi connectivity index (χ0) is 17.3. The van der Waals surface area contributed by atoms with Crippen molar-refractivity contribution < 1.29 is 27.1 Å². The number of fused-ring (bicyclic) bond motifs is 1. The van der Waals surface area contributed by atoms with E-state index in [2.05, 4.69) is 25.5 Å². The minimum Gasteiger partial charge on any atom is -0.459 e. The molecule has 0 aliphatic rings. The molecule has 0 radical (unpaired) electrons. The van der Waals surface area contributed by atoms with Crippen molar-refractivity contribution in [3.63, 3.8) is 0 Å². The number of nitrogens with zero attached hydrogens (tertiary/aromatic N) is 3. The molecule has 0 amide bonds. The number of esters is 1. The fourth-order valence-electron chi connectivity index (χ4n) is 1.89. The number of carbonyl (C=O) groups is 1. The normalized spacial score (nSPS) is 11.7. The highest BCUT2D eigenvalue weighted by Gasteiger charge is 2.30. The van der Waals surface area contributed by atoms with Crippen LogP contribution in [0.1, 0.15) is 23.2 Å². The Morgan fingerprint density at radius 1 is 1.38 bits per heavy atom. The minimum absolute atomic E-state index is 0.0865. The quantitative estimate of drug-likeness (QED) is 0.703. The molecule has 24 heavy (non-hydrogen) atoms. The summed E-state index contributed by atoms with van der Waals surface area (Å²) in [4.78, 5) is 18.1. The van der Waals surface area contributed by atoms with Gasteiger partial charge in [-0.05, 0) is 25.1 Å². The average molecular weight is 341 g/mol. The van der Waals surface area contributed by atoms with Crippen molar-refractivity contribution in [1.82, 2.24) is 20.2 Å². The molecule has 0 unspecified atom stereocenters. The lowest BCUT2D eigenvalue weighted by molar-refractivity contribution is -0.137. The predicted molar refractivity (Wildman–Crippen MR) is 74.6 cm³/mol. The molecule has 3 rings (SSSR count). The van der Waals surface area contributed by atoms with Gasteiger partial charge in [-0.25, -0.2) is 9.78 Å². The van der Waals surface area contributed by atoms with Crippen LogP contribution in [-0.2, 0) is 10.9 Å². The number of alkyl halides is 3. The number of carbonyl (C=O) groups excluding carboxylic acids is 1. The molecule has 0 saturated heterocycles. The van der Waals surface area contributed by atoms with Gasteiger partial charge in [-0.1, -0.05) is 10.2 Å². The van der Waals surface area contributed by atoms with Gasteiger partial charge >= 0.3 is 24.1 Å². The standard InChI is InChI=1S/C13H10F3N5O3/c1-2-23-10(22)9-20-21-12(24-9)19-11-17-7-4-3-6(13(14,15)16)5-8(7)18-11/h3-5H,2H2,1H3,(H2,17,18,19,21). The van der Waals surface area contributed by atoms with E-state index in [1.807, 2.05) is 0 Å². The molecule has 2 heterocycles. The molecular formula is C13H10F3N5O3. The number of benzene rings is 1. The highest BCUT2D eigenvalue weighted by molar-refractivity contribution is 5.84. The Bertz CT molecular complexity index is 886. The van der Waals surface area contributed by atoms with Gasteiger partial charge in [0.2, 0.25) is 5.95 Å². The van der Waals surface area contributed by atoms with E-state index in [0.29, 0.717) is 5.52 Å². The summed E-state index contributed by atoms with van der Waals surface area (Å²) in [5.41, 5.74) is -0.316. The number of H-pyrrole nitrogens is 1. The van der Waals surface area contributed by atoms with Crippen LogP contribution in [0.5, 0.6) is 0 Å². The van der Waals surface area contributed by atoms with Crippen LogP contribution in [0.2, 0.25) is 0 Å². The molecular weight excluding hydrogens is 331 g/mol. The Morgan fingerprint density at radius 2 is 2.17 bits per heavy atom. The van der Waals surface area contributed by atoms with Gasteiger partial charge in [-0.3, -0.25) is 5.32 Å². The first kappa shape index (κ1) is 15.8. The lowest BCUT2D eigenvalue weighted by atomic mass is 10.2. The first-order valence-corrected chi connectivity index (χ1v) is 6.71. The lowest BCUT2D eigenvalue weighted by Crippen LogP contribution is -2.04. The van der Waals surface area contributed by atoms with Crippen LogP contribution in [0.25, 0.3) is 11.0 Å². The van der Waals surface area contributed by atoms with Gasteiger partial charge in [0.1, 0.15) is 0 Å². The first-order valence-electron chi connectivity index (χ1n) is 6.71. The highest BCUT2D eigenvalue weighted by Crippen LogP contribution is 2.31. The largest absolute Gasteiger partial charge is 0.459 e. The maximum Gasteiger partial charge on any atom is 0.416 e. The zero-order valence-corrected chi connectivity index (χ0v) is 12.1. The van der Waals surface area contributed by atoms with Gasteiger partial charge in [0.05, 0.1) is 23.2 Å². The molecule has 0 atom stereocenters. The molecule has 2 N–H and O–H groups in total. The van der Waals surface area contributed by atoms with Crippen molar-refractivity contribution in [2.75, 3.05) is 11.9 Å². The molecule has 3 aromatic rings. The fraction of sp³-hybridized carbons (Fsp3) is 0.231. The lowest BCUT2D eigenvalue weighted by Gasteiger charge is -2.04. The number of halogens is 3. The van der Waals surface area contributed by atoms with Crippen molar-refractivity contribution in [2.24, 2.45) is 0 Å². The van der Waals surface area contributed by atoms with Crippen LogP contribution in [0.15, 0.2) is 22.6 Å². The Morgan fingerprint density at radius 3 is 2.88 bits per heavy atom. The van der Waals surface area contributed by atoms with Crippen LogP contribution >= 0.6 is 0 Å². The second kappa shape index (κ2) is 5.83. The van der Waals surface area contributed by atoms with Gasteiger partial charge in [-0.2, -0.15) is 13.2 Å². The van der Waals surface area contributed by atoms with Crippen LogP contribution < -0.4 is 5.32 Å². The number of nitrogens with one attached hydrogen (secondary N) is 2. The summed E-state index contributed by atoms with van der Waals surface area (Å²) in [6.07, 6.45) is -4.46. The summed E-state index contributed by atoms with van der Waals surface area (Å²) in [5, 5.41) is 9.63. The Kier molecular flexibility index (Phi) is 3.83. The van der Waals surface area contributed by atoms with E-state index in [9.17, 15) is 18.0 Å². The van der Waals surface area contributed by atoms with Crippen LogP contribution in [0, 0.1) is 0 Å². The number of imidazole rings is 1. The van der Waals surface area contributed by atoms with Crippen molar-refractivity contribution >= 4 is 29.0 Å². The van der Waals surface area contributed by atoms with E-state index < -0.39 is 17.7 Å². The van der Waals surface area contributed by atoms with E-state index in [1.165, 1.54) is 6.07 Å². The molecule has 11 heteroatoms. The third-order valence-corrected chi connectivity index (χ3v) is 2.91. The number of ether oxygens (including phenoxy) is 1. The summed E-state index contributed by atoms with van der Waals surface area (Å²) in [7, 11) is 0. The van der Waals surface area contributed by atoms with Crippen molar-refractivity contribution in [1.29, 1.82) is 0 Å². The second-order valence-corrected chi connectivity index (χ2v) is 4.57. The third-order valence-electron chi connectivity index (χ3n) is 2.91. The molecule has 0 bridgehead atoms. The summed E-state index contributed by atoms with van der Waals surface area (Å²) in [5.74, 6) is -1.05. The number of hydrogen-bond acceptors (Lipinski definition) is 7. The van der Waals surface area contributed by atoms with Gasteiger partial charge in [-0.15, -0.1) is 0 Å². The third kappa shape index (κ3) is 3.14. The Balaban J connectivity index is 1.82. The van der Waals surface area contributed by atoms with E-state index in [0.717, 1.165) is 12.1 Å². The molecule has 0 saturated carbocycles. The zero-order valence-electron chi connectivity index (χ0n) is 12.1. The van der Waals surface area contributed by atoms with E-state index in [4.69, 9.17) is 9.15 Å². The van der Waals surface area contributed by atoms with Crippen molar-refractivity contribution in [2.45, 2.75) is 13.1 Å². The molecule has 126 valence electrons. The smallest absolute Gasteiger partial charge is 0.416 e. The molecule has 2 aromatic heterocycles. The topological polar surface area (TPSA) is 106 Å². The average Bonchev–Trinajstić information content (AvgIpc) is 3.12. The van der Waals surface area contributed by atoms with E-state index in [1.54, 1.807) is 6.92 Å². The molecule has 0 spiro atoms. The number of aromatic amines is 1. The molecule has 0 aliphatic heterocycles. The van der Waals surface area contributed by atoms with Crippen LogP contribution in [0.3, 0.4) is 0 Å². The number of hydrogen-bond donors (Lipinski definition) is 2. The maximum atomic E-state index is 12.7. The monoisotopic (exact) mass is 341 g/mol. The highest BCUT2D eigenvalue weighted by atomic mass is 19.4. The van der Waals surface area contributed by atoms with E-state index in [-0.39, 0.29) is 30.0 Å². The number of anilines is 2. The van der Waals surface area contributed by atoms with Gasteiger partial charge < -0.3 is 14.1 Å². The number of rotatable bonds is 4. The second-order valence-electron chi connectivity index (χ2n) is 4.57. The van der Waals surface area contributed by atoms with Crippen molar-refractivity contribution in [3.05, 3.63) is 29.7 Å². The van der Waals surface area contributed by atoms with Gasteiger partial charge in [0, 0.05) is 0 Å².